The van der Waals surface area contributed by atoms with Gasteiger partial charge in [0.25, 0.3) is 11.8 Å². The molecule has 0 bridgehead atoms. The van der Waals surface area contributed by atoms with Crippen molar-refractivity contribution in [3.05, 3.63) is 77.4 Å². The van der Waals surface area contributed by atoms with E-state index in [1.54, 1.807) is 24.3 Å². The van der Waals surface area contributed by atoms with Crippen LogP contribution in [0.1, 0.15) is 32.7 Å². The Hall–Kier alpha value is -2.68. The SMILES string of the molecule is O=C1c2ccccc2C(=O)N1CC/C=C/c1ccccc1. The average molecular weight is 277 g/mol. The van der Waals surface area contributed by atoms with Crippen LogP contribution < -0.4 is 0 Å². The highest BCUT2D eigenvalue weighted by molar-refractivity contribution is 6.21. The largest absolute Gasteiger partial charge is 0.274 e. The predicted octanol–water partition coefficient (Wildman–Crippen LogP) is 3.39. The van der Waals surface area contributed by atoms with Gasteiger partial charge in [-0.3, -0.25) is 14.5 Å². The first kappa shape index (κ1) is 13.3. The van der Waals surface area contributed by atoms with Gasteiger partial charge in [0.1, 0.15) is 0 Å². The number of imide groups is 1. The van der Waals surface area contributed by atoms with Gasteiger partial charge in [-0.05, 0) is 24.1 Å². The van der Waals surface area contributed by atoms with E-state index in [0.717, 1.165) is 5.56 Å². The van der Waals surface area contributed by atoms with Crippen LogP contribution in [0.15, 0.2) is 60.7 Å². The first-order chi connectivity index (χ1) is 10.3. The smallest absolute Gasteiger partial charge is 0.261 e. The van der Waals surface area contributed by atoms with Crippen LogP contribution in [0.3, 0.4) is 0 Å². The maximum atomic E-state index is 12.2. The van der Waals surface area contributed by atoms with Gasteiger partial charge in [-0.25, -0.2) is 0 Å². The number of fused-ring (bicyclic) bond motifs is 1. The maximum absolute atomic E-state index is 12.2. The van der Waals surface area contributed by atoms with Gasteiger partial charge in [0, 0.05) is 6.54 Å². The molecular weight excluding hydrogens is 262 g/mol. The molecular formula is C18H15NO2. The van der Waals surface area contributed by atoms with Crippen molar-refractivity contribution in [1.29, 1.82) is 0 Å². The molecule has 0 unspecified atom stereocenters. The highest BCUT2D eigenvalue weighted by Crippen LogP contribution is 2.22. The molecule has 0 N–H and O–H groups in total. The molecule has 1 heterocycles. The Labute approximate surface area is 123 Å². The zero-order valence-corrected chi connectivity index (χ0v) is 11.5. The Balaban J connectivity index is 1.64. The van der Waals surface area contributed by atoms with Gasteiger partial charge in [0.05, 0.1) is 11.1 Å². The van der Waals surface area contributed by atoms with Crippen LogP contribution in [-0.4, -0.2) is 23.3 Å². The van der Waals surface area contributed by atoms with Gasteiger partial charge in [-0.1, -0.05) is 54.6 Å². The van der Waals surface area contributed by atoms with Gasteiger partial charge < -0.3 is 0 Å². The molecule has 2 aromatic carbocycles. The van der Waals surface area contributed by atoms with E-state index in [9.17, 15) is 9.59 Å². The van der Waals surface area contributed by atoms with Crippen LogP contribution in [0.2, 0.25) is 0 Å². The van der Waals surface area contributed by atoms with Crippen LogP contribution in [0.25, 0.3) is 6.08 Å². The number of carbonyl (C=O) groups excluding carboxylic acids is 2. The minimum Gasteiger partial charge on any atom is -0.274 e. The quantitative estimate of drug-likeness (QED) is 0.803. The third kappa shape index (κ3) is 2.63. The first-order valence-electron chi connectivity index (χ1n) is 6.94. The lowest BCUT2D eigenvalue weighted by atomic mass is 10.1. The summed E-state index contributed by atoms with van der Waals surface area (Å²) in [5.41, 5.74) is 2.13. The minimum absolute atomic E-state index is 0.191. The van der Waals surface area contributed by atoms with E-state index in [4.69, 9.17) is 0 Å². The van der Waals surface area contributed by atoms with Gasteiger partial charge in [0.2, 0.25) is 0 Å². The van der Waals surface area contributed by atoms with Crippen LogP contribution in [0, 0.1) is 0 Å². The van der Waals surface area contributed by atoms with E-state index < -0.39 is 0 Å². The summed E-state index contributed by atoms with van der Waals surface area (Å²) < 4.78 is 0. The first-order valence-corrected chi connectivity index (χ1v) is 6.94. The molecule has 2 amide bonds. The summed E-state index contributed by atoms with van der Waals surface area (Å²) in [5, 5.41) is 0. The van der Waals surface area contributed by atoms with E-state index >= 15 is 0 Å². The van der Waals surface area contributed by atoms with E-state index in [2.05, 4.69) is 0 Å². The number of hydrogen-bond acceptors (Lipinski definition) is 2. The van der Waals surface area contributed by atoms with Crippen molar-refractivity contribution in [2.45, 2.75) is 6.42 Å². The van der Waals surface area contributed by atoms with Crippen LogP contribution in [0.4, 0.5) is 0 Å². The van der Waals surface area contributed by atoms with Gasteiger partial charge in [-0.2, -0.15) is 0 Å². The fourth-order valence-electron chi connectivity index (χ4n) is 2.43. The number of hydrogen-bond donors (Lipinski definition) is 0. The fraction of sp³-hybridized carbons (Fsp3) is 0.111. The molecule has 0 aliphatic carbocycles. The van der Waals surface area contributed by atoms with Gasteiger partial charge >= 0.3 is 0 Å². The Morgan fingerprint density at radius 2 is 1.38 bits per heavy atom. The van der Waals surface area contributed by atoms with E-state index in [1.165, 1.54) is 4.90 Å². The molecule has 3 rings (SSSR count). The van der Waals surface area contributed by atoms with Crippen molar-refractivity contribution in [1.82, 2.24) is 4.90 Å². The van der Waals surface area contributed by atoms with E-state index in [1.807, 2.05) is 42.5 Å². The highest BCUT2D eigenvalue weighted by Gasteiger charge is 2.34. The molecule has 0 radical (unpaired) electrons. The summed E-state index contributed by atoms with van der Waals surface area (Å²) in [5.74, 6) is -0.382. The van der Waals surface area contributed by atoms with Gasteiger partial charge in [0.15, 0.2) is 0 Å². The van der Waals surface area contributed by atoms with Crippen molar-refractivity contribution < 1.29 is 9.59 Å². The third-order valence-corrected chi connectivity index (χ3v) is 3.51. The molecule has 0 fully saturated rings. The number of benzene rings is 2. The third-order valence-electron chi connectivity index (χ3n) is 3.51. The topological polar surface area (TPSA) is 37.4 Å². The number of amides is 2. The van der Waals surface area contributed by atoms with Crippen molar-refractivity contribution in [2.24, 2.45) is 0 Å². The lowest BCUT2D eigenvalue weighted by Crippen LogP contribution is -2.30. The molecule has 0 saturated heterocycles. The summed E-state index contributed by atoms with van der Waals surface area (Å²) in [6.07, 6.45) is 4.64. The van der Waals surface area contributed by atoms with Crippen LogP contribution >= 0.6 is 0 Å². The molecule has 0 saturated carbocycles. The normalized spacial score (nSPS) is 14.0. The second-order valence-electron chi connectivity index (χ2n) is 4.91. The second-order valence-corrected chi connectivity index (χ2v) is 4.91. The lowest BCUT2D eigenvalue weighted by molar-refractivity contribution is 0.0657. The monoisotopic (exact) mass is 277 g/mol. The van der Waals surface area contributed by atoms with E-state index in [-0.39, 0.29) is 11.8 Å². The van der Waals surface area contributed by atoms with Crippen LogP contribution in [-0.2, 0) is 0 Å². The van der Waals surface area contributed by atoms with Crippen molar-refractivity contribution >= 4 is 17.9 Å². The standard InChI is InChI=1S/C18H15NO2/c20-17-15-11-4-5-12-16(15)18(21)19(17)13-7-6-10-14-8-2-1-3-9-14/h1-6,8-12H,7,13H2/b10-6+. The molecule has 3 heteroatoms. The molecule has 1 aliphatic rings. The Kier molecular flexibility index (Phi) is 3.65. The zero-order valence-electron chi connectivity index (χ0n) is 11.5. The Bertz CT molecular complexity index is 669. The summed E-state index contributed by atoms with van der Waals surface area (Å²) in [6.45, 7) is 0.412. The maximum Gasteiger partial charge on any atom is 0.261 e. The molecule has 0 spiro atoms. The fourth-order valence-corrected chi connectivity index (χ4v) is 2.43. The molecule has 0 aromatic heterocycles. The summed E-state index contributed by atoms with van der Waals surface area (Å²) in [6, 6.07) is 16.9. The lowest BCUT2D eigenvalue weighted by Gasteiger charge is -2.11. The Morgan fingerprint density at radius 3 is 2.00 bits per heavy atom. The minimum atomic E-state index is -0.191. The molecule has 104 valence electrons. The Morgan fingerprint density at radius 1 is 0.810 bits per heavy atom. The summed E-state index contributed by atoms with van der Waals surface area (Å²) in [4.78, 5) is 25.6. The molecule has 0 atom stereocenters. The van der Waals surface area contributed by atoms with E-state index in [0.29, 0.717) is 24.1 Å². The summed E-state index contributed by atoms with van der Waals surface area (Å²) in [7, 11) is 0. The molecule has 1 aliphatic heterocycles. The number of carbonyl (C=O) groups is 2. The number of nitrogens with zero attached hydrogens (tertiary/aromatic N) is 1. The van der Waals surface area contributed by atoms with Crippen molar-refractivity contribution in [2.75, 3.05) is 6.54 Å². The average Bonchev–Trinajstić information content (AvgIpc) is 2.77. The molecule has 3 nitrogen and oxygen atoms in total. The molecule has 21 heavy (non-hydrogen) atoms. The van der Waals surface area contributed by atoms with Crippen LogP contribution in [0.5, 0.6) is 0 Å². The highest BCUT2D eigenvalue weighted by atomic mass is 16.2. The van der Waals surface area contributed by atoms with Crippen molar-refractivity contribution in [3.8, 4) is 0 Å². The zero-order chi connectivity index (χ0) is 14.7. The predicted molar refractivity (Wildman–Crippen MR) is 81.9 cm³/mol. The molecule has 2 aromatic rings. The second kappa shape index (κ2) is 5.75. The summed E-state index contributed by atoms with van der Waals surface area (Å²) >= 11 is 0. The van der Waals surface area contributed by atoms with Crippen molar-refractivity contribution in [3.63, 3.8) is 0 Å². The number of rotatable bonds is 4. The van der Waals surface area contributed by atoms with Gasteiger partial charge in [-0.15, -0.1) is 0 Å².